The third-order valence-corrected chi connectivity index (χ3v) is 6.16. The van der Waals surface area contributed by atoms with Crippen molar-refractivity contribution in [3.8, 4) is 5.75 Å². The number of aromatic hydroxyl groups is 1. The van der Waals surface area contributed by atoms with Gasteiger partial charge in [0.15, 0.2) is 0 Å². The molecule has 0 radical (unpaired) electrons. The van der Waals surface area contributed by atoms with Gasteiger partial charge in [-0.15, -0.1) is 0 Å². The summed E-state index contributed by atoms with van der Waals surface area (Å²) in [5.41, 5.74) is 6.44. The van der Waals surface area contributed by atoms with Crippen LogP contribution in [-0.4, -0.2) is 58.4 Å². The van der Waals surface area contributed by atoms with Gasteiger partial charge in [-0.05, 0) is 49.7 Å². The Morgan fingerprint density at radius 3 is 2.68 bits per heavy atom. The van der Waals surface area contributed by atoms with E-state index in [4.69, 9.17) is 5.73 Å². The molecule has 6 heteroatoms. The molecule has 25 heavy (non-hydrogen) atoms. The fourth-order valence-corrected chi connectivity index (χ4v) is 4.77. The van der Waals surface area contributed by atoms with Crippen molar-refractivity contribution in [2.45, 2.75) is 37.8 Å². The third-order valence-electron chi connectivity index (χ3n) is 6.16. The van der Waals surface area contributed by atoms with Crippen molar-refractivity contribution >= 4 is 11.8 Å². The van der Waals surface area contributed by atoms with Crippen LogP contribution in [0, 0.1) is 11.8 Å². The molecule has 3 fully saturated rings. The highest BCUT2D eigenvalue weighted by Crippen LogP contribution is 2.38. The maximum Gasteiger partial charge on any atom is 0.258 e. The zero-order valence-electron chi connectivity index (χ0n) is 14.3. The Morgan fingerprint density at radius 1 is 1.12 bits per heavy atom. The van der Waals surface area contributed by atoms with E-state index in [9.17, 15) is 14.7 Å². The summed E-state index contributed by atoms with van der Waals surface area (Å²) in [5.74, 6) is 0.676. The van der Waals surface area contributed by atoms with Gasteiger partial charge in [0, 0.05) is 25.7 Å². The lowest BCUT2D eigenvalue weighted by atomic mass is 9.98. The minimum atomic E-state index is -0.415. The Hall–Kier alpha value is -2.08. The van der Waals surface area contributed by atoms with Gasteiger partial charge in [0.25, 0.3) is 5.91 Å². The van der Waals surface area contributed by atoms with Crippen LogP contribution in [0.4, 0.5) is 0 Å². The van der Waals surface area contributed by atoms with Crippen LogP contribution in [0.3, 0.4) is 0 Å². The van der Waals surface area contributed by atoms with Crippen LogP contribution in [0.25, 0.3) is 0 Å². The summed E-state index contributed by atoms with van der Waals surface area (Å²) in [6.07, 6.45) is 3.66. The number of hydrogen-bond acceptors (Lipinski definition) is 4. The molecule has 3 aliphatic rings. The summed E-state index contributed by atoms with van der Waals surface area (Å²) >= 11 is 0. The first-order chi connectivity index (χ1) is 12.1. The first kappa shape index (κ1) is 16.4. The van der Waals surface area contributed by atoms with Gasteiger partial charge in [-0.25, -0.2) is 0 Å². The molecule has 4 unspecified atom stereocenters. The van der Waals surface area contributed by atoms with Gasteiger partial charge < -0.3 is 20.6 Å². The van der Waals surface area contributed by atoms with Crippen LogP contribution in [0.1, 0.15) is 36.0 Å². The van der Waals surface area contributed by atoms with Crippen LogP contribution < -0.4 is 5.73 Å². The maximum atomic E-state index is 13.0. The molecule has 2 aliphatic heterocycles. The highest BCUT2D eigenvalue weighted by atomic mass is 16.3. The summed E-state index contributed by atoms with van der Waals surface area (Å²) in [5, 5.41) is 9.96. The fourth-order valence-electron chi connectivity index (χ4n) is 4.77. The molecule has 2 heterocycles. The lowest BCUT2D eigenvalue weighted by Gasteiger charge is -2.29. The Kier molecular flexibility index (Phi) is 4.15. The zero-order chi connectivity index (χ0) is 17.6. The van der Waals surface area contributed by atoms with Gasteiger partial charge in [-0.3, -0.25) is 9.59 Å². The van der Waals surface area contributed by atoms with E-state index in [2.05, 4.69) is 0 Å². The summed E-state index contributed by atoms with van der Waals surface area (Å²) in [7, 11) is 0. The fraction of sp³-hybridized carbons (Fsp3) is 0.579. The van der Waals surface area contributed by atoms with Crippen LogP contribution in [-0.2, 0) is 4.79 Å². The van der Waals surface area contributed by atoms with E-state index in [0.29, 0.717) is 24.8 Å². The van der Waals surface area contributed by atoms with Gasteiger partial charge in [-0.2, -0.15) is 0 Å². The molecular formula is C19H25N3O3. The Bertz CT molecular complexity index is 692. The first-order valence-corrected chi connectivity index (χ1v) is 9.19. The van der Waals surface area contributed by atoms with Gasteiger partial charge >= 0.3 is 0 Å². The second-order valence-electron chi connectivity index (χ2n) is 7.58. The molecule has 1 aromatic rings. The number of benzene rings is 1. The van der Waals surface area contributed by atoms with E-state index in [-0.39, 0.29) is 29.2 Å². The number of hydrogen-bond donors (Lipinski definition) is 2. The van der Waals surface area contributed by atoms with Crippen molar-refractivity contribution in [1.29, 1.82) is 0 Å². The van der Waals surface area contributed by atoms with E-state index in [1.807, 2.05) is 4.90 Å². The number of fused-ring (bicyclic) bond motifs is 1. The van der Waals surface area contributed by atoms with Crippen LogP contribution in [0.5, 0.6) is 5.75 Å². The molecule has 4 rings (SSSR count). The third kappa shape index (κ3) is 2.78. The monoisotopic (exact) mass is 343 g/mol. The van der Waals surface area contributed by atoms with E-state index in [1.165, 1.54) is 6.07 Å². The second-order valence-corrected chi connectivity index (χ2v) is 7.58. The van der Waals surface area contributed by atoms with Crippen LogP contribution in [0.15, 0.2) is 24.3 Å². The van der Waals surface area contributed by atoms with Gasteiger partial charge in [0.05, 0.1) is 5.56 Å². The number of carbonyl (C=O) groups excluding carboxylic acids is 2. The predicted molar refractivity (Wildman–Crippen MR) is 92.9 cm³/mol. The highest BCUT2D eigenvalue weighted by molar-refractivity contribution is 5.99. The van der Waals surface area contributed by atoms with Crippen molar-refractivity contribution in [3.05, 3.63) is 29.8 Å². The summed E-state index contributed by atoms with van der Waals surface area (Å²) in [4.78, 5) is 29.4. The minimum Gasteiger partial charge on any atom is -0.507 e. The molecule has 1 aromatic carbocycles. The predicted octanol–water partition coefficient (Wildman–Crippen LogP) is 1.19. The number of nitrogens with zero attached hydrogens (tertiary/aromatic N) is 2. The normalized spacial score (nSPS) is 31.4. The number of amides is 2. The van der Waals surface area contributed by atoms with Gasteiger partial charge in [-0.1, -0.05) is 12.1 Å². The maximum absolute atomic E-state index is 13.0. The average Bonchev–Trinajstić information content (AvgIpc) is 3.31. The van der Waals surface area contributed by atoms with E-state index >= 15 is 0 Å². The Labute approximate surface area is 147 Å². The standard InChI is InChI=1S/C19H25N3O3/c20-15-8-7-12-10-21(11-14(12)15)19(25)16-5-3-9-22(16)18(24)13-4-1-2-6-17(13)23/h1-2,4,6,12,14-16,23H,3,5,7-11,20H2. The Morgan fingerprint density at radius 2 is 1.92 bits per heavy atom. The number of phenols is 1. The number of para-hydroxylation sites is 1. The van der Waals surface area contributed by atoms with Crippen molar-refractivity contribution in [2.75, 3.05) is 19.6 Å². The number of nitrogens with two attached hydrogens (primary N) is 1. The first-order valence-electron chi connectivity index (χ1n) is 9.19. The molecule has 0 bridgehead atoms. The smallest absolute Gasteiger partial charge is 0.258 e. The molecule has 6 nitrogen and oxygen atoms in total. The van der Waals surface area contributed by atoms with Crippen LogP contribution in [0.2, 0.25) is 0 Å². The SMILES string of the molecule is NC1CCC2CN(C(=O)C3CCCN3C(=O)c3ccccc3O)CC12. The highest BCUT2D eigenvalue weighted by Gasteiger charge is 2.45. The Balaban J connectivity index is 1.49. The molecule has 2 amide bonds. The quantitative estimate of drug-likeness (QED) is 0.844. The summed E-state index contributed by atoms with van der Waals surface area (Å²) in [6, 6.07) is 6.31. The van der Waals surface area contributed by atoms with Gasteiger partial charge in [0.1, 0.15) is 11.8 Å². The number of phenolic OH excluding ortho intramolecular Hbond substituents is 1. The molecule has 3 N–H and O–H groups in total. The summed E-state index contributed by atoms with van der Waals surface area (Å²) in [6.45, 7) is 2.05. The summed E-state index contributed by atoms with van der Waals surface area (Å²) < 4.78 is 0. The molecule has 2 saturated heterocycles. The van der Waals surface area contributed by atoms with E-state index in [1.54, 1.807) is 23.1 Å². The average molecular weight is 343 g/mol. The molecule has 0 aromatic heterocycles. The zero-order valence-corrected chi connectivity index (χ0v) is 14.3. The lowest BCUT2D eigenvalue weighted by Crippen LogP contribution is -2.47. The van der Waals surface area contributed by atoms with Gasteiger partial charge in [0.2, 0.25) is 5.91 Å². The van der Waals surface area contributed by atoms with E-state index < -0.39 is 6.04 Å². The molecule has 4 atom stereocenters. The van der Waals surface area contributed by atoms with E-state index in [0.717, 1.165) is 32.4 Å². The van der Waals surface area contributed by atoms with Crippen molar-refractivity contribution in [2.24, 2.45) is 17.6 Å². The van der Waals surface area contributed by atoms with Crippen molar-refractivity contribution in [3.63, 3.8) is 0 Å². The van der Waals surface area contributed by atoms with Crippen molar-refractivity contribution < 1.29 is 14.7 Å². The molecule has 134 valence electrons. The molecular weight excluding hydrogens is 318 g/mol. The molecule has 1 aliphatic carbocycles. The second kappa shape index (κ2) is 6.33. The lowest BCUT2D eigenvalue weighted by molar-refractivity contribution is -0.134. The largest absolute Gasteiger partial charge is 0.507 e. The number of carbonyl (C=O) groups is 2. The molecule has 0 spiro atoms. The van der Waals surface area contributed by atoms with Crippen molar-refractivity contribution in [1.82, 2.24) is 9.80 Å². The topological polar surface area (TPSA) is 86.9 Å². The minimum absolute atomic E-state index is 0.0349. The van der Waals surface area contributed by atoms with Crippen LogP contribution >= 0.6 is 0 Å². The molecule has 1 saturated carbocycles. The number of rotatable bonds is 2. The number of likely N-dealkylation sites (tertiary alicyclic amines) is 2.